The van der Waals surface area contributed by atoms with Gasteiger partial charge in [-0.25, -0.2) is 9.97 Å². The Morgan fingerprint density at radius 2 is 2.24 bits per heavy atom. The first-order chi connectivity index (χ1) is 10.2. The second kappa shape index (κ2) is 5.88. The molecule has 1 aliphatic heterocycles. The third-order valence-corrected chi connectivity index (χ3v) is 4.27. The molecule has 2 aromatic rings. The number of hydrogen-bond donors (Lipinski definition) is 0. The van der Waals surface area contributed by atoms with Crippen molar-refractivity contribution in [3.8, 4) is 0 Å². The summed E-state index contributed by atoms with van der Waals surface area (Å²) < 4.78 is 5.67. The van der Waals surface area contributed by atoms with E-state index in [1.165, 1.54) is 6.42 Å². The molecule has 0 saturated carbocycles. The van der Waals surface area contributed by atoms with E-state index >= 15 is 0 Å². The highest BCUT2D eigenvalue weighted by Crippen LogP contribution is 2.37. The van der Waals surface area contributed by atoms with Gasteiger partial charge in [0.05, 0.1) is 12.3 Å². The molecule has 3 heterocycles. The molecule has 2 aromatic heterocycles. The minimum absolute atomic E-state index is 0.280. The lowest BCUT2D eigenvalue weighted by atomic mass is 9.91. The van der Waals surface area contributed by atoms with E-state index in [1.807, 2.05) is 13.0 Å². The molecule has 4 heteroatoms. The summed E-state index contributed by atoms with van der Waals surface area (Å²) in [5, 5.41) is 0. The first kappa shape index (κ1) is 14.1. The molecular weight excluding hydrogens is 262 g/mol. The molecule has 1 saturated heterocycles. The van der Waals surface area contributed by atoms with Gasteiger partial charge in [0.2, 0.25) is 0 Å². The minimum Gasteiger partial charge on any atom is -0.467 e. The molecule has 0 spiro atoms. The van der Waals surface area contributed by atoms with Crippen LogP contribution in [0.15, 0.2) is 28.9 Å². The highest BCUT2D eigenvalue weighted by atomic mass is 16.3. The van der Waals surface area contributed by atoms with Crippen molar-refractivity contribution in [2.45, 2.75) is 46.1 Å². The average Bonchev–Trinajstić information content (AvgIpc) is 3.00. The standard InChI is InChI=1S/C17H23N3O/c1-4-14-11-17(19-13(3)18-14)20-8-7-12(2)10-15(20)16-6-5-9-21-16/h5-6,9,11-12,15H,4,7-8,10H2,1-3H3. The molecule has 112 valence electrons. The SMILES string of the molecule is CCc1cc(N2CCC(C)CC2c2ccco2)nc(C)n1. The van der Waals surface area contributed by atoms with Crippen LogP contribution in [0, 0.1) is 12.8 Å². The Morgan fingerprint density at radius 3 is 2.95 bits per heavy atom. The Kier molecular flexibility index (Phi) is 3.95. The van der Waals surface area contributed by atoms with Crippen molar-refractivity contribution in [3.63, 3.8) is 0 Å². The molecule has 0 aromatic carbocycles. The third kappa shape index (κ3) is 2.94. The fourth-order valence-corrected chi connectivity index (χ4v) is 3.11. The fourth-order valence-electron chi connectivity index (χ4n) is 3.11. The highest BCUT2D eigenvalue weighted by molar-refractivity contribution is 5.43. The van der Waals surface area contributed by atoms with Crippen LogP contribution in [0.2, 0.25) is 0 Å². The first-order valence-electron chi connectivity index (χ1n) is 7.82. The van der Waals surface area contributed by atoms with E-state index < -0.39 is 0 Å². The van der Waals surface area contributed by atoms with E-state index in [1.54, 1.807) is 6.26 Å². The molecule has 0 amide bonds. The van der Waals surface area contributed by atoms with Crippen LogP contribution in [0.5, 0.6) is 0 Å². The third-order valence-electron chi connectivity index (χ3n) is 4.27. The van der Waals surface area contributed by atoms with Gasteiger partial charge in [0, 0.05) is 18.3 Å². The van der Waals surface area contributed by atoms with Crippen molar-refractivity contribution in [2.75, 3.05) is 11.4 Å². The molecule has 3 rings (SSSR count). The fraction of sp³-hybridized carbons (Fsp3) is 0.529. The lowest BCUT2D eigenvalue weighted by Gasteiger charge is -2.38. The zero-order valence-electron chi connectivity index (χ0n) is 13.0. The molecule has 0 bridgehead atoms. The lowest BCUT2D eigenvalue weighted by molar-refractivity contribution is 0.327. The molecule has 21 heavy (non-hydrogen) atoms. The molecule has 1 aliphatic rings. The molecule has 0 radical (unpaired) electrons. The summed E-state index contributed by atoms with van der Waals surface area (Å²) in [6.45, 7) is 7.44. The van der Waals surface area contributed by atoms with Crippen molar-refractivity contribution in [3.05, 3.63) is 41.7 Å². The molecule has 1 fully saturated rings. The molecule has 4 nitrogen and oxygen atoms in total. The number of anilines is 1. The molecule has 0 N–H and O–H groups in total. The zero-order chi connectivity index (χ0) is 14.8. The van der Waals surface area contributed by atoms with Crippen molar-refractivity contribution >= 4 is 5.82 Å². The Hall–Kier alpha value is -1.84. The smallest absolute Gasteiger partial charge is 0.133 e. The van der Waals surface area contributed by atoms with E-state index in [0.29, 0.717) is 5.92 Å². The topological polar surface area (TPSA) is 42.2 Å². The van der Waals surface area contributed by atoms with E-state index in [9.17, 15) is 0 Å². The Bertz CT molecular complexity index is 594. The van der Waals surface area contributed by atoms with Crippen molar-refractivity contribution in [1.29, 1.82) is 0 Å². The number of aryl methyl sites for hydroxylation is 2. The molecule has 0 aliphatic carbocycles. The number of rotatable bonds is 3. The number of hydrogen-bond acceptors (Lipinski definition) is 4. The van der Waals surface area contributed by atoms with Gasteiger partial charge in [-0.05, 0) is 44.2 Å². The van der Waals surface area contributed by atoms with Crippen LogP contribution in [0.25, 0.3) is 0 Å². The Labute approximate surface area is 126 Å². The zero-order valence-corrected chi connectivity index (χ0v) is 13.0. The van der Waals surface area contributed by atoms with Gasteiger partial charge in [0.25, 0.3) is 0 Å². The van der Waals surface area contributed by atoms with Gasteiger partial charge in [-0.1, -0.05) is 13.8 Å². The maximum Gasteiger partial charge on any atom is 0.133 e. The van der Waals surface area contributed by atoms with Crippen LogP contribution in [0.3, 0.4) is 0 Å². The van der Waals surface area contributed by atoms with E-state index in [2.05, 4.69) is 40.8 Å². The minimum atomic E-state index is 0.280. The second-order valence-corrected chi connectivity index (χ2v) is 5.97. The van der Waals surface area contributed by atoms with Crippen LogP contribution in [-0.2, 0) is 6.42 Å². The van der Waals surface area contributed by atoms with E-state index in [-0.39, 0.29) is 6.04 Å². The quantitative estimate of drug-likeness (QED) is 0.857. The second-order valence-electron chi connectivity index (χ2n) is 5.97. The largest absolute Gasteiger partial charge is 0.467 e. The average molecular weight is 285 g/mol. The number of nitrogens with zero attached hydrogens (tertiary/aromatic N) is 3. The van der Waals surface area contributed by atoms with Crippen molar-refractivity contribution in [1.82, 2.24) is 9.97 Å². The maximum atomic E-state index is 5.67. The predicted octanol–water partition coefficient (Wildman–Crippen LogP) is 3.92. The Morgan fingerprint density at radius 1 is 1.38 bits per heavy atom. The van der Waals surface area contributed by atoms with Crippen LogP contribution in [-0.4, -0.2) is 16.5 Å². The summed E-state index contributed by atoms with van der Waals surface area (Å²) in [5.74, 6) is 3.63. The van der Waals surface area contributed by atoms with Gasteiger partial charge < -0.3 is 9.32 Å². The lowest BCUT2D eigenvalue weighted by Crippen LogP contribution is -2.36. The molecule has 2 atom stereocenters. The summed E-state index contributed by atoms with van der Waals surface area (Å²) in [7, 11) is 0. The van der Waals surface area contributed by atoms with Crippen LogP contribution >= 0.6 is 0 Å². The molecular formula is C17H23N3O. The van der Waals surface area contributed by atoms with Gasteiger partial charge in [-0.15, -0.1) is 0 Å². The van der Waals surface area contributed by atoms with Gasteiger partial charge in [0.1, 0.15) is 17.4 Å². The van der Waals surface area contributed by atoms with Crippen LogP contribution < -0.4 is 4.90 Å². The molecule has 2 unspecified atom stereocenters. The summed E-state index contributed by atoms with van der Waals surface area (Å²) in [4.78, 5) is 11.5. The van der Waals surface area contributed by atoms with Gasteiger partial charge in [-0.3, -0.25) is 0 Å². The monoisotopic (exact) mass is 285 g/mol. The summed E-state index contributed by atoms with van der Waals surface area (Å²) >= 11 is 0. The van der Waals surface area contributed by atoms with Crippen LogP contribution in [0.4, 0.5) is 5.82 Å². The van der Waals surface area contributed by atoms with Gasteiger partial charge in [-0.2, -0.15) is 0 Å². The summed E-state index contributed by atoms with van der Waals surface area (Å²) in [5.41, 5.74) is 1.11. The normalized spacial score (nSPS) is 22.5. The Balaban J connectivity index is 1.96. The maximum absolute atomic E-state index is 5.67. The summed E-state index contributed by atoms with van der Waals surface area (Å²) in [6, 6.07) is 6.45. The van der Waals surface area contributed by atoms with Gasteiger partial charge >= 0.3 is 0 Å². The van der Waals surface area contributed by atoms with Crippen LogP contribution in [0.1, 0.15) is 50.0 Å². The van der Waals surface area contributed by atoms with E-state index in [4.69, 9.17) is 4.42 Å². The van der Waals surface area contributed by atoms with Crippen molar-refractivity contribution in [2.24, 2.45) is 5.92 Å². The van der Waals surface area contributed by atoms with E-state index in [0.717, 1.165) is 42.5 Å². The number of aromatic nitrogens is 2. The highest BCUT2D eigenvalue weighted by Gasteiger charge is 2.30. The van der Waals surface area contributed by atoms with Crippen molar-refractivity contribution < 1.29 is 4.42 Å². The predicted molar refractivity (Wildman–Crippen MR) is 83.3 cm³/mol. The number of furan rings is 1. The number of piperidine rings is 1. The summed E-state index contributed by atoms with van der Waals surface area (Å²) in [6.07, 6.45) is 5.00. The van der Waals surface area contributed by atoms with Gasteiger partial charge in [0.15, 0.2) is 0 Å². The first-order valence-corrected chi connectivity index (χ1v) is 7.82.